The van der Waals surface area contributed by atoms with E-state index in [1.165, 1.54) is 0 Å². The minimum atomic E-state index is -0.351. The van der Waals surface area contributed by atoms with Crippen molar-refractivity contribution in [2.75, 3.05) is 0 Å². The van der Waals surface area contributed by atoms with E-state index in [1.54, 1.807) is 11.3 Å². The highest BCUT2D eigenvalue weighted by Gasteiger charge is 2.21. The number of nitriles is 1. The van der Waals surface area contributed by atoms with Crippen LogP contribution in [0.4, 0.5) is 0 Å². The van der Waals surface area contributed by atoms with Crippen molar-refractivity contribution in [2.45, 2.75) is 19.3 Å². The molecule has 0 spiro atoms. The third-order valence-electron chi connectivity index (χ3n) is 1.46. The molecule has 1 rings (SSSR count). The summed E-state index contributed by atoms with van der Waals surface area (Å²) in [4.78, 5) is 1.10. The molecule has 0 aliphatic carbocycles. The summed E-state index contributed by atoms with van der Waals surface area (Å²) < 4.78 is 1.06. The lowest BCUT2D eigenvalue weighted by Gasteiger charge is -2.11. The zero-order chi connectivity index (χ0) is 8.48. The molecule has 1 aromatic heterocycles. The molecule has 0 saturated carbocycles. The van der Waals surface area contributed by atoms with E-state index in [2.05, 4.69) is 22.0 Å². The topological polar surface area (TPSA) is 23.8 Å². The molecule has 1 nitrogen and oxygen atoms in total. The summed E-state index contributed by atoms with van der Waals surface area (Å²) in [6.45, 7) is 3.84. The molecule has 3 heteroatoms. The Bertz CT molecular complexity index is 295. The van der Waals surface area contributed by atoms with Crippen molar-refractivity contribution in [3.63, 3.8) is 0 Å². The second-order valence-electron chi connectivity index (χ2n) is 2.87. The van der Waals surface area contributed by atoms with E-state index >= 15 is 0 Å². The van der Waals surface area contributed by atoms with Gasteiger partial charge in [-0.2, -0.15) is 5.26 Å². The minimum absolute atomic E-state index is 0.351. The van der Waals surface area contributed by atoms with Gasteiger partial charge in [0.05, 0.1) is 11.5 Å². The van der Waals surface area contributed by atoms with Crippen LogP contribution in [-0.4, -0.2) is 0 Å². The fraction of sp³-hybridized carbons (Fsp3) is 0.375. The van der Waals surface area contributed by atoms with Gasteiger partial charge in [-0.25, -0.2) is 0 Å². The number of halogens is 1. The smallest absolute Gasteiger partial charge is 0.0859 e. The van der Waals surface area contributed by atoms with Crippen molar-refractivity contribution in [3.05, 3.63) is 20.8 Å². The van der Waals surface area contributed by atoms with Gasteiger partial charge in [0.15, 0.2) is 0 Å². The third kappa shape index (κ3) is 1.82. The average molecular weight is 230 g/mol. The first-order valence-corrected chi connectivity index (χ1v) is 4.89. The van der Waals surface area contributed by atoms with Crippen molar-refractivity contribution in [1.29, 1.82) is 5.26 Å². The van der Waals surface area contributed by atoms with Gasteiger partial charge in [-0.15, -0.1) is 11.3 Å². The average Bonchev–Trinajstić information content (AvgIpc) is 2.36. The van der Waals surface area contributed by atoms with Crippen molar-refractivity contribution in [3.8, 4) is 6.07 Å². The maximum atomic E-state index is 8.80. The van der Waals surface area contributed by atoms with Gasteiger partial charge < -0.3 is 0 Å². The van der Waals surface area contributed by atoms with Crippen LogP contribution in [0, 0.1) is 11.3 Å². The van der Waals surface area contributed by atoms with Crippen LogP contribution in [0.1, 0.15) is 18.7 Å². The first kappa shape index (κ1) is 8.76. The maximum absolute atomic E-state index is 8.80. The highest BCUT2D eigenvalue weighted by molar-refractivity contribution is 9.10. The van der Waals surface area contributed by atoms with E-state index in [0.29, 0.717) is 0 Å². The number of nitrogens with zero attached hydrogens (tertiary/aromatic N) is 1. The zero-order valence-corrected chi connectivity index (χ0v) is 8.79. The molecular weight excluding hydrogens is 222 g/mol. The van der Waals surface area contributed by atoms with Gasteiger partial charge in [-0.05, 0) is 35.8 Å². The molecule has 1 heterocycles. The van der Waals surface area contributed by atoms with E-state index in [0.717, 1.165) is 9.35 Å². The molecule has 0 aliphatic heterocycles. The summed E-state index contributed by atoms with van der Waals surface area (Å²) in [5.74, 6) is 0. The lowest BCUT2D eigenvalue weighted by Crippen LogP contribution is -2.10. The van der Waals surface area contributed by atoms with Crippen LogP contribution < -0.4 is 0 Å². The molecule has 11 heavy (non-hydrogen) atoms. The Hall–Kier alpha value is -0.330. The summed E-state index contributed by atoms with van der Waals surface area (Å²) >= 11 is 4.97. The van der Waals surface area contributed by atoms with Crippen LogP contribution >= 0.6 is 27.3 Å². The Labute approximate surface area is 78.8 Å². The molecule has 1 aromatic rings. The van der Waals surface area contributed by atoms with Gasteiger partial charge >= 0.3 is 0 Å². The fourth-order valence-corrected chi connectivity index (χ4v) is 2.20. The molecule has 58 valence electrons. The van der Waals surface area contributed by atoms with Gasteiger partial charge in [-0.1, -0.05) is 0 Å². The quantitative estimate of drug-likeness (QED) is 0.726. The second-order valence-corrected chi connectivity index (χ2v) is 4.69. The number of hydrogen-bond donors (Lipinski definition) is 0. The summed E-state index contributed by atoms with van der Waals surface area (Å²) in [6, 6.07) is 4.25. The molecule has 0 bridgehead atoms. The van der Waals surface area contributed by atoms with Crippen LogP contribution in [0.5, 0.6) is 0 Å². The summed E-state index contributed by atoms with van der Waals surface area (Å²) in [5.41, 5.74) is -0.351. The van der Waals surface area contributed by atoms with Gasteiger partial charge in [0.25, 0.3) is 0 Å². The Morgan fingerprint density at radius 1 is 1.64 bits per heavy atom. The Morgan fingerprint density at radius 2 is 2.27 bits per heavy atom. The molecule has 0 fully saturated rings. The van der Waals surface area contributed by atoms with E-state index < -0.39 is 0 Å². The predicted octanol–water partition coefficient (Wildman–Crippen LogP) is 3.31. The highest BCUT2D eigenvalue weighted by atomic mass is 79.9. The molecule has 0 aromatic carbocycles. The second kappa shape index (κ2) is 2.96. The summed E-state index contributed by atoms with van der Waals surface area (Å²) in [7, 11) is 0. The summed E-state index contributed by atoms with van der Waals surface area (Å²) in [5, 5.41) is 10.8. The monoisotopic (exact) mass is 229 g/mol. The van der Waals surface area contributed by atoms with E-state index in [4.69, 9.17) is 5.26 Å². The first-order chi connectivity index (χ1) is 5.06. The predicted molar refractivity (Wildman–Crippen MR) is 50.7 cm³/mol. The maximum Gasteiger partial charge on any atom is 0.0859 e. The molecular formula is C8H8BrNS. The van der Waals surface area contributed by atoms with Crippen molar-refractivity contribution < 1.29 is 0 Å². The van der Waals surface area contributed by atoms with Crippen molar-refractivity contribution >= 4 is 27.3 Å². The normalized spacial score (nSPS) is 11.1. The fourth-order valence-electron chi connectivity index (χ4n) is 0.696. The molecule has 0 N–H and O–H groups in total. The molecule has 0 atom stereocenters. The van der Waals surface area contributed by atoms with E-state index in [9.17, 15) is 0 Å². The minimum Gasteiger partial charge on any atom is -0.197 e. The van der Waals surface area contributed by atoms with Crippen LogP contribution in [0.2, 0.25) is 0 Å². The standard InChI is InChI=1S/C8H8BrNS/c1-8(2,5-10)7-3-6(9)4-11-7/h3-4H,1-2H3. The van der Waals surface area contributed by atoms with Crippen LogP contribution in [0.3, 0.4) is 0 Å². The largest absolute Gasteiger partial charge is 0.197 e. The van der Waals surface area contributed by atoms with Crippen molar-refractivity contribution in [2.24, 2.45) is 0 Å². The van der Waals surface area contributed by atoms with Crippen LogP contribution in [0.25, 0.3) is 0 Å². The Kier molecular flexibility index (Phi) is 2.36. The SMILES string of the molecule is CC(C)(C#N)c1cc(Br)cs1. The zero-order valence-electron chi connectivity index (χ0n) is 6.39. The first-order valence-electron chi connectivity index (χ1n) is 3.22. The van der Waals surface area contributed by atoms with Crippen LogP contribution in [-0.2, 0) is 5.41 Å². The molecule has 0 radical (unpaired) electrons. The third-order valence-corrected chi connectivity index (χ3v) is 3.48. The van der Waals surface area contributed by atoms with E-state index in [-0.39, 0.29) is 5.41 Å². The van der Waals surface area contributed by atoms with Gasteiger partial charge in [0.2, 0.25) is 0 Å². The van der Waals surface area contributed by atoms with Crippen LogP contribution in [0.15, 0.2) is 15.9 Å². The van der Waals surface area contributed by atoms with Crippen molar-refractivity contribution in [1.82, 2.24) is 0 Å². The Morgan fingerprint density at radius 3 is 2.64 bits per heavy atom. The number of hydrogen-bond acceptors (Lipinski definition) is 2. The number of rotatable bonds is 1. The number of thiophene rings is 1. The lowest BCUT2D eigenvalue weighted by molar-refractivity contribution is 0.703. The van der Waals surface area contributed by atoms with E-state index in [1.807, 2.05) is 25.3 Å². The van der Waals surface area contributed by atoms with Gasteiger partial charge in [-0.3, -0.25) is 0 Å². The Balaban J connectivity index is 3.04. The summed E-state index contributed by atoms with van der Waals surface area (Å²) in [6.07, 6.45) is 0. The molecule has 0 unspecified atom stereocenters. The van der Waals surface area contributed by atoms with Gasteiger partial charge in [0, 0.05) is 14.7 Å². The lowest BCUT2D eigenvalue weighted by atomic mass is 9.94. The molecule has 0 amide bonds. The molecule has 0 saturated heterocycles. The van der Waals surface area contributed by atoms with Gasteiger partial charge in [0.1, 0.15) is 0 Å². The highest BCUT2D eigenvalue weighted by Crippen LogP contribution is 2.30. The molecule has 0 aliphatic rings.